The summed E-state index contributed by atoms with van der Waals surface area (Å²) in [5.74, 6) is 0.0949. The van der Waals surface area contributed by atoms with Gasteiger partial charge in [-0.25, -0.2) is 0 Å². The summed E-state index contributed by atoms with van der Waals surface area (Å²) < 4.78 is 0. The summed E-state index contributed by atoms with van der Waals surface area (Å²) >= 11 is 5.80. The molecular weight excluding hydrogens is 236 g/mol. The van der Waals surface area contributed by atoms with Gasteiger partial charge in [0.2, 0.25) is 5.91 Å². The molecule has 0 bridgehead atoms. The van der Waals surface area contributed by atoms with Crippen LogP contribution in [0.5, 0.6) is 0 Å². The number of carbonyl (C=O) groups excluding carboxylic acids is 1. The van der Waals surface area contributed by atoms with E-state index < -0.39 is 0 Å². The average molecular weight is 255 g/mol. The number of carbonyl (C=O) groups is 1. The van der Waals surface area contributed by atoms with Crippen molar-refractivity contribution in [2.45, 2.75) is 26.3 Å². The van der Waals surface area contributed by atoms with Gasteiger partial charge in [0, 0.05) is 30.6 Å². The van der Waals surface area contributed by atoms with Crippen LogP contribution < -0.4 is 5.73 Å². The van der Waals surface area contributed by atoms with Crippen LogP contribution in [0.25, 0.3) is 0 Å². The molecule has 1 aromatic carbocycles. The molecule has 1 atom stereocenters. The lowest BCUT2D eigenvalue weighted by Gasteiger charge is -2.21. The maximum absolute atomic E-state index is 11.9. The molecule has 0 aliphatic carbocycles. The first-order chi connectivity index (χ1) is 8.08. The molecule has 1 amide bonds. The molecule has 0 fully saturated rings. The van der Waals surface area contributed by atoms with Gasteiger partial charge >= 0.3 is 0 Å². The maximum atomic E-state index is 11.9. The van der Waals surface area contributed by atoms with Crippen molar-refractivity contribution in [2.75, 3.05) is 13.1 Å². The average Bonchev–Trinajstić information content (AvgIpc) is 2.31. The molecule has 4 heteroatoms. The highest BCUT2D eigenvalue weighted by atomic mass is 35.5. The van der Waals surface area contributed by atoms with Gasteiger partial charge < -0.3 is 10.6 Å². The quantitative estimate of drug-likeness (QED) is 0.878. The van der Waals surface area contributed by atoms with Crippen molar-refractivity contribution in [1.29, 1.82) is 0 Å². The number of rotatable bonds is 5. The van der Waals surface area contributed by atoms with Gasteiger partial charge in [-0.3, -0.25) is 4.79 Å². The predicted molar refractivity (Wildman–Crippen MR) is 70.9 cm³/mol. The number of hydrogen-bond donors (Lipinski definition) is 1. The van der Waals surface area contributed by atoms with Crippen LogP contribution in [0.3, 0.4) is 0 Å². The first-order valence-corrected chi connectivity index (χ1v) is 6.25. The Bertz CT molecular complexity index is 360. The van der Waals surface area contributed by atoms with Gasteiger partial charge in [0.1, 0.15) is 0 Å². The van der Waals surface area contributed by atoms with E-state index in [0.717, 1.165) is 18.7 Å². The van der Waals surface area contributed by atoms with Crippen molar-refractivity contribution in [3.63, 3.8) is 0 Å². The van der Waals surface area contributed by atoms with E-state index >= 15 is 0 Å². The Hall–Kier alpha value is -1.06. The van der Waals surface area contributed by atoms with E-state index in [4.69, 9.17) is 17.3 Å². The molecule has 0 heterocycles. The minimum Gasteiger partial charge on any atom is -0.343 e. The second-order valence-electron chi connectivity index (χ2n) is 3.93. The van der Waals surface area contributed by atoms with Crippen LogP contribution >= 0.6 is 11.6 Å². The normalized spacial score (nSPS) is 12.2. The number of nitrogens with two attached hydrogens (primary N) is 1. The van der Waals surface area contributed by atoms with Crippen LogP contribution in [0.15, 0.2) is 24.3 Å². The van der Waals surface area contributed by atoms with E-state index in [9.17, 15) is 4.79 Å². The molecule has 0 saturated carbocycles. The standard InChI is InChI=1S/C13H19ClN2O/c1-3-16(4-2)13(17)9-12(15)10-5-7-11(14)8-6-10/h5-8,12H,3-4,9,15H2,1-2H3. The summed E-state index contributed by atoms with van der Waals surface area (Å²) in [5, 5.41) is 0.677. The molecule has 1 aromatic rings. The Morgan fingerprint density at radius 2 is 1.82 bits per heavy atom. The summed E-state index contributed by atoms with van der Waals surface area (Å²) in [5.41, 5.74) is 6.94. The Morgan fingerprint density at radius 3 is 2.29 bits per heavy atom. The van der Waals surface area contributed by atoms with E-state index in [1.165, 1.54) is 0 Å². The Balaban J connectivity index is 2.62. The zero-order valence-corrected chi connectivity index (χ0v) is 11.1. The predicted octanol–water partition coefficient (Wildman–Crippen LogP) is 2.60. The molecule has 0 saturated heterocycles. The summed E-state index contributed by atoms with van der Waals surface area (Å²) in [7, 11) is 0. The highest BCUT2D eigenvalue weighted by molar-refractivity contribution is 6.30. The summed E-state index contributed by atoms with van der Waals surface area (Å²) in [6.07, 6.45) is 0.337. The molecule has 17 heavy (non-hydrogen) atoms. The van der Waals surface area contributed by atoms with Crippen LogP contribution in [-0.2, 0) is 4.79 Å². The molecule has 1 rings (SSSR count). The molecular formula is C13H19ClN2O. The molecule has 0 spiro atoms. The van der Waals surface area contributed by atoms with E-state index in [2.05, 4.69) is 0 Å². The van der Waals surface area contributed by atoms with Crippen LogP contribution in [0.2, 0.25) is 5.02 Å². The molecule has 94 valence electrons. The SMILES string of the molecule is CCN(CC)C(=O)CC(N)c1ccc(Cl)cc1. The Labute approximate surface area is 108 Å². The topological polar surface area (TPSA) is 46.3 Å². The van der Waals surface area contributed by atoms with Crippen LogP contribution in [0, 0.1) is 0 Å². The Morgan fingerprint density at radius 1 is 1.29 bits per heavy atom. The van der Waals surface area contributed by atoms with Crippen LogP contribution in [0.4, 0.5) is 0 Å². The van der Waals surface area contributed by atoms with Gasteiger partial charge in [-0.2, -0.15) is 0 Å². The molecule has 3 nitrogen and oxygen atoms in total. The lowest BCUT2D eigenvalue weighted by Crippen LogP contribution is -2.32. The van der Waals surface area contributed by atoms with E-state index in [1.807, 2.05) is 26.0 Å². The smallest absolute Gasteiger partial charge is 0.224 e. The van der Waals surface area contributed by atoms with Crippen molar-refractivity contribution < 1.29 is 4.79 Å². The zero-order valence-electron chi connectivity index (χ0n) is 10.3. The van der Waals surface area contributed by atoms with Gasteiger partial charge in [0.25, 0.3) is 0 Å². The largest absolute Gasteiger partial charge is 0.343 e. The third-order valence-corrected chi connectivity index (χ3v) is 3.06. The van der Waals surface area contributed by atoms with Crippen molar-refractivity contribution in [3.8, 4) is 0 Å². The molecule has 0 aliphatic heterocycles. The highest BCUT2D eigenvalue weighted by Crippen LogP contribution is 2.18. The third-order valence-electron chi connectivity index (χ3n) is 2.81. The van der Waals surface area contributed by atoms with E-state index in [-0.39, 0.29) is 11.9 Å². The van der Waals surface area contributed by atoms with Crippen LogP contribution in [-0.4, -0.2) is 23.9 Å². The minimum absolute atomic E-state index is 0.0949. The van der Waals surface area contributed by atoms with Gasteiger partial charge in [-0.1, -0.05) is 23.7 Å². The lowest BCUT2D eigenvalue weighted by molar-refractivity contribution is -0.131. The fourth-order valence-electron chi connectivity index (χ4n) is 1.72. The van der Waals surface area contributed by atoms with Gasteiger partial charge in [-0.15, -0.1) is 0 Å². The fourth-order valence-corrected chi connectivity index (χ4v) is 1.85. The molecule has 1 unspecified atom stereocenters. The molecule has 0 aliphatic rings. The summed E-state index contributed by atoms with van der Waals surface area (Å²) in [4.78, 5) is 13.7. The fraction of sp³-hybridized carbons (Fsp3) is 0.462. The molecule has 2 N–H and O–H groups in total. The van der Waals surface area contributed by atoms with Gasteiger partial charge in [0.05, 0.1) is 0 Å². The number of nitrogens with zero attached hydrogens (tertiary/aromatic N) is 1. The van der Waals surface area contributed by atoms with E-state index in [1.54, 1.807) is 17.0 Å². The third kappa shape index (κ3) is 4.02. The van der Waals surface area contributed by atoms with Crippen molar-refractivity contribution in [3.05, 3.63) is 34.9 Å². The van der Waals surface area contributed by atoms with Crippen LogP contribution in [0.1, 0.15) is 31.9 Å². The second-order valence-corrected chi connectivity index (χ2v) is 4.36. The maximum Gasteiger partial charge on any atom is 0.224 e. The molecule has 0 aromatic heterocycles. The number of amides is 1. The minimum atomic E-state index is -0.264. The molecule has 0 radical (unpaired) electrons. The van der Waals surface area contributed by atoms with Crippen molar-refractivity contribution >= 4 is 17.5 Å². The van der Waals surface area contributed by atoms with Crippen molar-refractivity contribution in [1.82, 2.24) is 4.90 Å². The first-order valence-electron chi connectivity index (χ1n) is 5.87. The summed E-state index contributed by atoms with van der Waals surface area (Å²) in [6.45, 7) is 5.38. The number of hydrogen-bond acceptors (Lipinski definition) is 2. The summed E-state index contributed by atoms with van der Waals surface area (Å²) in [6, 6.07) is 7.04. The number of benzene rings is 1. The van der Waals surface area contributed by atoms with Crippen molar-refractivity contribution in [2.24, 2.45) is 5.73 Å². The van der Waals surface area contributed by atoms with Gasteiger partial charge in [-0.05, 0) is 31.5 Å². The lowest BCUT2D eigenvalue weighted by atomic mass is 10.0. The van der Waals surface area contributed by atoms with E-state index in [0.29, 0.717) is 11.4 Å². The first kappa shape index (κ1) is 14.0. The highest BCUT2D eigenvalue weighted by Gasteiger charge is 2.15. The Kier molecular flexibility index (Phi) is 5.45. The van der Waals surface area contributed by atoms with Gasteiger partial charge in [0.15, 0.2) is 0 Å². The number of halogens is 1. The second kappa shape index (κ2) is 6.62. The zero-order chi connectivity index (χ0) is 12.8. The monoisotopic (exact) mass is 254 g/mol.